The normalized spacial score (nSPS) is 10.4. The fourth-order valence-electron chi connectivity index (χ4n) is 2.33. The third-order valence-corrected chi connectivity index (χ3v) is 3.95. The molecule has 0 aliphatic carbocycles. The summed E-state index contributed by atoms with van der Waals surface area (Å²) in [6.07, 6.45) is 0. The predicted molar refractivity (Wildman–Crippen MR) is 96.0 cm³/mol. The Bertz CT molecular complexity index is 805. The average molecular weight is 342 g/mol. The van der Waals surface area contributed by atoms with Crippen LogP contribution in [0, 0.1) is 5.82 Å². The first-order valence-electron chi connectivity index (χ1n) is 7.66. The highest BCUT2D eigenvalue weighted by atomic mass is 35.5. The van der Waals surface area contributed by atoms with E-state index < -0.39 is 0 Å². The maximum atomic E-state index is 12.9. The lowest BCUT2D eigenvalue weighted by Crippen LogP contribution is -2.04. The standard InChI is InChI=1S/C20H17ClFNO/c21-18-6-2-3-7-19(18)23-13-16-5-1-4-8-20(16)24-14-15-9-11-17(22)12-10-15/h1-12,23H,13-14H2. The van der Waals surface area contributed by atoms with E-state index in [1.165, 1.54) is 12.1 Å². The topological polar surface area (TPSA) is 21.3 Å². The van der Waals surface area contributed by atoms with Gasteiger partial charge >= 0.3 is 0 Å². The van der Waals surface area contributed by atoms with Gasteiger partial charge in [0.1, 0.15) is 18.2 Å². The van der Waals surface area contributed by atoms with Gasteiger partial charge in [-0.1, -0.05) is 54.1 Å². The third-order valence-electron chi connectivity index (χ3n) is 3.62. The van der Waals surface area contributed by atoms with Crippen molar-refractivity contribution in [3.05, 3.63) is 94.8 Å². The maximum Gasteiger partial charge on any atom is 0.124 e. The first-order chi connectivity index (χ1) is 11.7. The second kappa shape index (κ2) is 7.84. The molecule has 0 saturated heterocycles. The minimum atomic E-state index is -0.247. The Labute approximate surface area is 145 Å². The lowest BCUT2D eigenvalue weighted by molar-refractivity contribution is 0.303. The van der Waals surface area contributed by atoms with Crippen molar-refractivity contribution in [1.29, 1.82) is 0 Å². The summed E-state index contributed by atoms with van der Waals surface area (Å²) in [5.41, 5.74) is 2.83. The van der Waals surface area contributed by atoms with E-state index in [-0.39, 0.29) is 5.82 Å². The fraction of sp³-hybridized carbons (Fsp3) is 0.100. The van der Waals surface area contributed by atoms with Gasteiger partial charge in [0.25, 0.3) is 0 Å². The highest BCUT2D eigenvalue weighted by Crippen LogP contribution is 2.24. The Morgan fingerprint density at radius 3 is 2.38 bits per heavy atom. The smallest absolute Gasteiger partial charge is 0.124 e. The first kappa shape index (κ1) is 16.3. The van der Waals surface area contributed by atoms with Crippen molar-refractivity contribution in [3.8, 4) is 5.75 Å². The summed E-state index contributed by atoms with van der Waals surface area (Å²) in [6.45, 7) is 0.993. The molecule has 3 aromatic rings. The van der Waals surface area contributed by atoms with Gasteiger partial charge in [0.15, 0.2) is 0 Å². The molecule has 0 amide bonds. The molecular formula is C20H17ClFNO. The number of benzene rings is 3. The van der Waals surface area contributed by atoms with E-state index in [0.29, 0.717) is 18.2 Å². The van der Waals surface area contributed by atoms with Crippen molar-refractivity contribution < 1.29 is 9.13 Å². The van der Waals surface area contributed by atoms with E-state index in [2.05, 4.69) is 5.32 Å². The van der Waals surface area contributed by atoms with Gasteiger partial charge < -0.3 is 10.1 Å². The minimum Gasteiger partial charge on any atom is -0.489 e. The molecule has 0 heterocycles. The molecule has 0 bridgehead atoms. The molecule has 0 aliphatic heterocycles. The van der Waals surface area contributed by atoms with Gasteiger partial charge in [-0.25, -0.2) is 4.39 Å². The van der Waals surface area contributed by atoms with Gasteiger partial charge in [0.2, 0.25) is 0 Å². The van der Waals surface area contributed by atoms with Crippen LogP contribution in [0.2, 0.25) is 5.02 Å². The molecule has 0 atom stereocenters. The zero-order valence-corrected chi connectivity index (χ0v) is 13.8. The number of anilines is 1. The van der Waals surface area contributed by atoms with Gasteiger partial charge in [-0.3, -0.25) is 0 Å². The lowest BCUT2D eigenvalue weighted by Gasteiger charge is -2.13. The number of nitrogens with one attached hydrogen (secondary N) is 1. The van der Waals surface area contributed by atoms with Crippen molar-refractivity contribution in [2.75, 3.05) is 5.32 Å². The average Bonchev–Trinajstić information content (AvgIpc) is 2.61. The Kier molecular flexibility index (Phi) is 5.34. The van der Waals surface area contributed by atoms with Crippen LogP contribution in [0.15, 0.2) is 72.8 Å². The largest absolute Gasteiger partial charge is 0.489 e. The van der Waals surface area contributed by atoms with Gasteiger partial charge in [0.05, 0.1) is 10.7 Å². The number of hydrogen-bond acceptors (Lipinski definition) is 2. The Morgan fingerprint density at radius 2 is 1.58 bits per heavy atom. The molecule has 4 heteroatoms. The monoisotopic (exact) mass is 341 g/mol. The molecule has 1 N–H and O–H groups in total. The van der Waals surface area contributed by atoms with E-state index in [1.807, 2.05) is 48.5 Å². The highest BCUT2D eigenvalue weighted by Gasteiger charge is 2.05. The molecule has 0 radical (unpaired) electrons. The van der Waals surface area contributed by atoms with E-state index in [9.17, 15) is 4.39 Å². The van der Waals surface area contributed by atoms with Crippen LogP contribution in [0.5, 0.6) is 5.75 Å². The molecule has 3 rings (SSSR count). The van der Waals surface area contributed by atoms with Crippen LogP contribution in [0.3, 0.4) is 0 Å². The predicted octanol–water partition coefficient (Wildman–Crippen LogP) is 5.67. The van der Waals surface area contributed by atoms with Crippen molar-refractivity contribution in [2.24, 2.45) is 0 Å². The van der Waals surface area contributed by atoms with E-state index >= 15 is 0 Å². The van der Waals surface area contributed by atoms with Crippen LogP contribution < -0.4 is 10.1 Å². The number of para-hydroxylation sites is 2. The molecule has 24 heavy (non-hydrogen) atoms. The van der Waals surface area contributed by atoms with Gasteiger partial charge in [0, 0.05) is 12.1 Å². The van der Waals surface area contributed by atoms with Crippen LogP contribution in [-0.2, 0) is 13.2 Å². The van der Waals surface area contributed by atoms with Gasteiger partial charge in [-0.2, -0.15) is 0 Å². The van der Waals surface area contributed by atoms with Gasteiger partial charge in [-0.05, 0) is 35.9 Å². The molecule has 0 aromatic heterocycles. The summed E-state index contributed by atoms with van der Waals surface area (Å²) in [4.78, 5) is 0. The SMILES string of the molecule is Fc1ccc(COc2ccccc2CNc2ccccc2Cl)cc1. The number of halogens is 2. The molecule has 0 aliphatic rings. The molecule has 122 valence electrons. The van der Waals surface area contributed by atoms with Crippen molar-refractivity contribution >= 4 is 17.3 Å². The summed E-state index contributed by atoms with van der Waals surface area (Å²) in [5, 5.41) is 4.00. The van der Waals surface area contributed by atoms with E-state index in [4.69, 9.17) is 16.3 Å². The summed E-state index contributed by atoms with van der Waals surface area (Å²) < 4.78 is 18.8. The highest BCUT2D eigenvalue weighted by molar-refractivity contribution is 6.33. The summed E-state index contributed by atoms with van der Waals surface area (Å²) in [7, 11) is 0. The van der Waals surface area contributed by atoms with Crippen molar-refractivity contribution in [2.45, 2.75) is 13.2 Å². The zero-order valence-electron chi connectivity index (χ0n) is 13.0. The number of rotatable bonds is 6. The second-order valence-corrected chi connectivity index (χ2v) is 5.76. The molecule has 0 fully saturated rings. The first-order valence-corrected chi connectivity index (χ1v) is 8.04. The molecule has 0 saturated carbocycles. The lowest BCUT2D eigenvalue weighted by atomic mass is 10.2. The molecule has 2 nitrogen and oxygen atoms in total. The van der Waals surface area contributed by atoms with Crippen LogP contribution in [-0.4, -0.2) is 0 Å². The summed E-state index contributed by atoms with van der Waals surface area (Å²) in [5.74, 6) is 0.546. The Hall–Kier alpha value is -2.52. The summed E-state index contributed by atoms with van der Waals surface area (Å²) in [6, 6.07) is 21.8. The van der Waals surface area contributed by atoms with Crippen molar-refractivity contribution in [3.63, 3.8) is 0 Å². The fourth-order valence-corrected chi connectivity index (χ4v) is 2.53. The quantitative estimate of drug-likeness (QED) is 0.623. The van der Waals surface area contributed by atoms with Crippen LogP contribution >= 0.6 is 11.6 Å². The zero-order chi connectivity index (χ0) is 16.8. The molecular weight excluding hydrogens is 325 g/mol. The Morgan fingerprint density at radius 1 is 0.875 bits per heavy atom. The second-order valence-electron chi connectivity index (χ2n) is 5.36. The third kappa shape index (κ3) is 4.27. The minimum absolute atomic E-state index is 0.247. The van der Waals surface area contributed by atoms with E-state index in [0.717, 1.165) is 22.6 Å². The molecule has 0 unspecified atom stereocenters. The van der Waals surface area contributed by atoms with Crippen molar-refractivity contribution in [1.82, 2.24) is 0 Å². The van der Waals surface area contributed by atoms with Crippen LogP contribution in [0.25, 0.3) is 0 Å². The van der Waals surface area contributed by atoms with E-state index in [1.54, 1.807) is 12.1 Å². The van der Waals surface area contributed by atoms with Crippen LogP contribution in [0.4, 0.5) is 10.1 Å². The molecule has 0 spiro atoms. The Balaban J connectivity index is 1.66. The van der Waals surface area contributed by atoms with Gasteiger partial charge in [-0.15, -0.1) is 0 Å². The molecule has 3 aromatic carbocycles. The number of ether oxygens (including phenoxy) is 1. The maximum absolute atomic E-state index is 12.9. The number of hydrogen-bond donors (Lipinski definition) is 1. The van der Waals surface area contributed by atoms with Crippen LogP contribution in [0.1, 0.15) is 11.1 Å². The summed E-state index contributed by atoms with van der Waals surface area (Å²) >= 11 is 6.16.